The first-order valence-corrected chi connectivity index (χ1v) is 10.1. The topological polar surface area (TPSA) is 91.9 Å². The zero-order valence-electron chi connectivity index (χ0n) is 17.6. The van der Waals surface area contributed by atoms with Gasteiger partial charge in [0.1, 0.15) is 5.82 Å². The maximum atomic E-state index is 13.0. The Hall–Kier alpha value is -3.49. The van der Waals surface area contributed by atoms with Crippen LogP contribution in [0.5, 0.6) is 11.5 Å². The van der Waals surface area contributed by atoms with E-state index in [1.54, 1.807) is 30.2 Å². The van der Waals surface area contributed by atoms with Crippen molar-refractivity contribution in [2.45, 2.75) is 12.8 Å². The minimum atomic E-state index is -0.346. The summed E-state index contributed by atoms with van der Waals surface area (Å²) in [5.74, 6) is 1.06. The quantitative estimate of drug-likeness (QED) is 0.648. The number of piperidine rings is 1. The van der Waals surface area contributed by atoms with Crippen LogP contribution < -0.4 is 25.4 Å². The van der Waals surface area contributed by atoms with Crippen molar-refractivity contribution in [2.24, 2.45) is 5.92 Å². The molecule has 31 heavy (non-hydrogen) atoms. The van der Waals surface area contributed by atoms with Crippen LogP contribution in [0.25, 0.3) is 0 Å². The van der Waals surface area contributed by atoms with E-state index in [9.17, 15) is 14.0 Å². The molecular weight excluding hydrogens is 403 g/mol. The number of benzene rings is 2. The Morgan fingerprint density at radius 3 is 2.26 bits per heavy atom. The summed E-state index contributed by atoms with van der Waals surface area (Å²) in [5, 5.41) is 8.43. The van der Waals surface area contributed by atoms with Crippen LogP contribution >= 0.6 is 0 Å². The minimum absolute atomic E-state index is 0.204. The van der Waals surface area contributed by atoms with Crippen molar-refractivity contribution < 1.29 is 23.5 Å². The molecule has 0 radical (unpaired) electrons. The maximum Gasteiger partial charge on any atom is 0.321 e. The lowest BCUT2D eigenvalue weighted by Crippen LogP contribution is -2.43. The van der Waals surface area contributed by atoms with Crippen molar-refractivity contribution in [2.75, 3.05) is 44.5 Å². The first-order chi connectivity index (χ1) is 15.0. The Morgan fingerprint density at radius 2 is 1.61 bits per heavy atom. The van der Waals surface area contributed by atoms with E-state index in [0.717, 1.165) is 12.8 Å². The number of halogens is 1. The van der Waals surface area contributed by atoms with E-state index in [-0.39, 0.29) is 23.8 Å². The maximum absolute atomic E-state index is 13.0. The highest BCUT2D eigenvalue weighted by molar-refractivity contribution is 5.90. The number of amides is 4. The van der Waals surface area contributed by atoms with Gasteiger partial charge in [-0.3, -0.25) is 0 Å². The van der Waals surface area contributed by atoms with E-state index in [4.69, 9.17) is 9.47 Å². The number of nitrogens with one attached hydrogen (secondary N) is 3. The molecule has 0 aromatic heterocycles. The van der Waals surface area contributed by atoms with E-state index in [0.29, 0.717) is 42.5 Å². The summed E-state index contributed by atoms with van der Waals surface area (Å²) in [6.07, 6.45) is 1.57. The largest absolute Gasteiger partial charge is 0.493 e. The molecule has 0 saturated carbocycles. The fourth-order valence-corrected chi connectivity index (χ4v) is 3.40. The van der Waals surface area contributed by atoms with Crippen LogP contribution in [0, 0.1) is 11.7 Å². The molecule has 0 bridgehead atoms. The zero-order valence-corrected chi connectivity index (χ0v) is 17.6. The highest BCUT2D eigenvalue weighted by atomic mass is 19.1. The predicted octanol–water partition coefficient (Wildman–Crippen LogP) is 3.91. The van der Waals surface area contributed by atoms with Gasteiger partial charge >= 0.3 is 12.1 Å². The van der Waals surface area contributed by atoms with Crippen molar-refractivity contribution in [1.29, 1.82) is 0 Å². The number of nitrogens with zero attached hydrogens (tertiary/aromatic N) is 1. The Bertz CT molecular complexity index is 899. The van der Waals surface area contributed by atoms with Gasteiger partial charge in [0.15, 0.2) is 11.5 Å². The number of methoxy groups -OCH3 is 2. The Labute approximate surface area is 180 Å². The summed E-state index contributed by atoms with van der Waals surface area (Å²) in [5.41, 5.74) is 1.16. The van der Waals surface area contributed by atoms with Gasteiger partial charge < -0.3 is 30.3 Å². The average Bonchev–Trinajstić information content (AvgIpc) is 2.79. The molecule has 4 amide bonds. The Balaban J connectivity index is 1.40. The minimum Gasteiger partial charge on any atom is -0.493 e. The molecule has 9 heteroatoms. The number of rotatable bonds is 6. The second-order valence-corrected chi connectivity index (χ2v) is 7.27. The molecule has 1 fully saturated rings. The summed E-state index contributed by atoms with van der Waals surface area (Å²) >= 11 is 0. The van der Waals surface area contributed by atoms with Gasteiger partial charge in [-0.05, 0) is 55.2 Å². The molecule has 1 aliphatic rings. The molecule has 2 aromatic rings. The van der Waals surface area contributed by atoms with Gasteiger partial charge in [0, 0.05) is 37.1 Å². The van der Waals surface area contributed by atoms with Crippen LogP contribution in [0.2, 0.25) is 0 Å². The molecule has 0 unspecified atom stereocenters. The highest BCUT2D eigenvalue weighted by Crippen LogP contribution is 2.29. The molecule has 0 aliphatic carbocycles. The summed E-state index contributed by atoms with van der Waals surface area (Å²) in [6, 6.07) is 10.3. The number of carbonyl (C=O) groups is 2. The number of hydrogen-bond acceptors (Lipinski definition) is 4. The molecule has 166 valence electrons. The summed E-state index contributed by atoms with van der Waals surface area (Å²) < 4.78 is 23.4. The van der Waals surface area contributed by atoms with Gasteiger partial charge in [-0.2, -0.15) is 0 Å². The van der Waals surface area contributed by atoms with Gasteiger partial charge in [0.25, 0.3) is 0 Å². The molecule has 3 N–H and O–H groups in total. The Kier molecular flexibility index (Phi) is 7.53. The summed E-state index contributed by atoms with van der Waals surface area (Å²) in [4.78, 5) is 26.3. The number of hydrogen-bond donors (Lipinski definition) is 3. The molecule has 8 nitrogen and oxygen atoms in total. The molecule has 1 heterocycles. The van der Waals surface area contributed by atoms with Crippen LogP contribution in [-0.2, 0) is 0 Å². The molecule has 0 atom stereocenters. The van der Waals surface area contributed by atoms with Crippen molar-refractivity contribution in [3.05, 3.63) is 48.3 Å². The molecule has 2 aromatic carbocycles. The third-order valence-corrected chi connectivity index (χ3v) is 5.19. The second-order valence-electron chi connectivity index (χ2n) is 7.27. The van der Waals surface area contributed by atoms with Crippen LogP contribution in [0.15, 0.2) is 42.5 Å². The fourth-order valence-electron chi connectivity index (χ4n) is 3.40. The number of urea groups is 2. The van der Waals surface area contributed by atoms with Crippen LogP contribution in [0.1, 0.15) is 12.8 Å². The van der Waals surface area contributed by atoms with E-state index < -0.39 is 0 Å². The third-order valence-electron chi connectivity index (χ3n) is 5.19. The van der Waals surface area contributed by atoms with E-state index in [1.165, 1.54) is 31.4 Å². The summed E-state index contributed by atoms with van der Waals surface area (Å²) in [7, 11) is 3.09. The van der Waals surface area contributed by atoms with E-state index >= 15 is 0 Å². The van der Waals surface area contributed by atoms with Crippen LogP contribution in [-0.4, -0.2) is 50.8 Å². The fraction of sp³-hybridized carbons (Fsp3) is 0.364. The molecular formula is C22H27FN4O4. The monoisotopic (exact) mass is 430 g/mol. The van der Waals surface area contributed by atoms with E-state index in [2.05, 4.69) is 16.0 Å². The van der Waals surface area contributed by atoms with Gasteiger partial charge in [-0.15, -0.1) is 0 Å². The van der Waals surface area contributed by atoms with Gasteiger partial charge in [0.05, 0.1) is 14.2 Å². The lowest BCUT2D eigenvalue weighted by Gasteiger charge is -2.32. The van der Waals surface area contributed by atoms with Crippen molar-refractivity contribution in [1.82, 2.24) is 10.2 Å². The second kappa shape index (κ2) is 10.5. The summed E-state index contributed by atoms with van der Waals surface area (Å²) in [6.45, 7) is 1.71. The molecule has 1 saturated heterocycles. The SMILES string of the molecule is COc1ccc(NC(=O)NCC2CCN(C(=O)Nc3ccc(F)cc3)CC2)cc1OC. The molecule has 1 aliphatic heterocycles. The smallest absolute Gasteiger partial charge is 0.321 e. The molecule has 3 rings (SSSR count). The first kappa shape index (κ1) is 22.2. The number of ether oxygens (including phenoxy) is 2. The number of likely N-dealkylation sites (tertiary alicyclic amines) is 1. The number of carbonyl (C=O) groups excluding carboxylic acids is 2. The molecule has 0 spiro atoms. The van der Waals surface area contributed by atoms with Crippen molar-refractivity contribution >= 4 is 23.4 Å². The normalized spacial score (nSPS) is 14.0. The third kappa shape index (κ3) is 6.24. The van der Waals surface area contributed by atoms with Crippen LogP contribution in [0.4, 0.5) is 25.4 Å². The van der Waals surface area contributed by atoms with Gasteiger partial charge in [0.2, 0.25) is 0 Å². The standard InChI is InChI=1S/C22H27FN4O4/c1-30-19-8-7-18(13-20(19)31-2)25-21(28)24-14-15-9-11-27(12-10-15)22(29)26-17-5-3-16(23)4-6-17/h3-8,13,15H,9-12,14H2,1-2H3,(H,26,29)(H2,24,25,28). The number of anilines is 2. The van der Waals surface area contributed by atoms with Crippen molar-refractivity contribution in [3.8, 4) is 11.5 Å². The van der Waals surface area contributed by atoms with Crippen molar-refractivity contribution in [3.63, 3.8) is 0 Å². The van der Waals surface area contributed by atoms with Crippen LogP contribution in [0.3, 0.4) is 0 Å². The first-order valence-electron chi connectivity index (χ1n) is 10.1. The van der Waals surface area contributed by atoms with Gasteiger partial charge in [-0.1, -0.05) is 0 Å². The predicted molar refractivity (Wildman–Crippen MR) is 116 cm³/mol. The van der Waals surface area contributed by atoms with E-state index in [1.807, 2.05) is 0 Å². The van der Waals surface area contributed by atoms with Gasteiger partial charge in [-0.25, -0.2) is 14.0 Å². The lowest BCUT2D eigenvalue weighted by molar-refractivity contribution is 0.181. The lowest BCUT2D eigenvalue weighted by atomic mass is 9.97. The Morgan fingerprint density at radius 1 is 0.968 bits per heavy atom. The zero-order chi connectivity index (χ0) is 22.2. The highest BCUT2D eigenvalue weighted by Gasteiger charge is 2.23. The average molecular weight is 430 g/mol.